The van der Waals surface area contributed by atoms with Crippen LogP contribution in [0.25, 0.3) is 16.6 Å². The summed E-state index contributed by atoms with van der Waals surface area (Å²) in [6.45, 7) is 2.55. The van der Waals surface area contributed by atoms with E-state index in [4.69, 9.17) is 16.6 Å². The molecule has 0 saturated carbocycles. The molecule has 3 heterocycles. The summed E-state index contributed by atoms with van der Waals surface area (Å²) in [6.07, 6.45) is -2.34. The molecule has 2 aromatic carbocycles. The first-order chi connectivity index (χ1) is 14.4. The topological polar surface area (TPSA) is 23.8 Å². The van der Waals surface area contributed by atoms with E-state index in [2.05, 4.69) is 9.30 Å². The third kappa shape index (κ3) is 3.33. The number of benzene rings is 2. The molecular weight excluding hydrogens is 413 g/mol. The summed E-state index contributed by atoms with van der Waals surface area (Å²) in [6, 6.07) is 15.2. The molecule has 1 aliphatic rings. The number of anilines is 2. The standard InChI is InChI=1S/C22H18ClF3N4/c23-16-6-7-19-18(14-16)27-21(20-5-2-8-30(19)20)29-11-9-28(10-12-29)17-4-1-3-15(13-17)22(24,25)26/h1-8,13-14H,9-12H2. The number of hydrogen-bond donors (Lipinski definition) is 0. The minimum absolute atomic E-state index is 0.593. The highest BCUT2D eigenvalue weighted by atomic mass is 35.5. The maximum Gasteiger partial charge on any atom is 0.416 e. The molecule has 0 radical (unpaired) electrons. The van der Waals surface area contributed by atoms with E-state index >= 15 is 0 Å². The first kappa shape index (κ1) is 19.1. The van der Waals surface area contributed by atoms with Crippen LogP contribution in [-0.2, 0) is 6.18 Å². The molecule has 154 valence electrons. The van der Waals surface area contributed by atoms with Crippen LogP contribution < -0.4 is 9.80 Å². The van der Waals surface area contributed by atoms with Gasteiger partial charge in [-0.1, -0.05) is 17.7 Å². The molecule has 8 heteroatoms. The van der Waals surface area contributed by atoms with Crippen molar-refractivity contribution >= 4 is 39.7 Å². The Hall–Kier alpha value is -2.93. The molecule has 0 atom stereocenters. The lowest BCUT2D eigenvalue weighted by atomic mass is 10.1. The quantitative estimate of drug-likeness (QED) is 0.420. The summed E-state index contributed by atoms with van der Waals surface area (Å²) in [5.74, 6) is 0.860. The number of rotatable bonds is 2. The largest absolute Gasteiger partial charge is 0.416 e. The maximum absolute atomic E-state index is 13.0. The average molecular weight is 431 g/mol. The van der Waals surface area contributed by atoms with E-state index in [0.717, 1.165) is 28.4 Å². The molecular formula is C22H18ClF3N4. The third-order valence-corrected chi connectivity index (χ3v) is 5.75. The van der Waals surface area contributed by atoms with Crippen molar-refractivity contribution in [2.24, 2.45) is 0 Å². The lowest BCUT2D eigenvalue weighted by Gasteiger charge is -2.37. The van der Waals surface area contributed by atoms with Gasteiger partial charge in [0.1, 0.15) is 0 Å². The Morgan fingerprint density at radius 1 is 0.833 bits per heavy atom. The fourth-order valence-corrected chi connectivity index (χ4v) is 4.19. The molecule has 0 unspecified atom stereocenters. The molecule has 30 heavy (non-hydrogen) atoms. The van der Waals surface area contributed by atoms with Crippen LogP contribution in [0.15, 0.2) is 60.8 Å². The molecule has 1 saturated heterocycles. The minimum atomic E-state index is -4.34. The molecule has 0 amide bonds. The van der Waals surface area contributed by atoms with Crippen molar-refractivity contribution in [1.29, 1.82) is 0 Å². The van der Waals surface area contributed by atoms with Crippen molar-refractivity contribution in [3.05, 3.63) is 71.4 Å². The van der Waals surface area contributed by atoms with E-state index in [0.29, 0.717) is 36.9 Å². The zero-order valence-electron chi connectivity index (χ0n) is 15.9. The van der Waals surface area contributed by atoms with Gasteiger partial charge >= 0.3 is 6.18 Å². The van der Waals surface area contributed by atoms with Gasteiger partial charge in [-0.3, -0.25) is 0 Å². The highest BCUT2D eigenvalue weighted by Crippen LogP contribution is 2.33. The number of fused-ring (bicyclic) bond motifs is 3. The normalized spacial score (nSPS) is 15.3. The van der Waals surface area contributed by atoms with Crippen molar-refractivity contribution < 1.29 is 13.2 Å². The number of hydrogen-bond acceptors (Lipinski definition) is 3. The Bertz CT molecular complexity index is 1230. The monoisotopic (exact) mass is 430 g/mol. The average Bonchev–Trinajstić information content (AvgIpc) is 3.23. The fraction of sp³-hybridized carbons (Fsp3) is 0.227. The zero-order valence-corrected chi connectivity index (χ0v) is 16.7. The summed E-state index contributed by atoms with van der Waals surface area (Å²) in [7, 11) is 0. The van der Waals surface area contributed by atoms with Crippen molar-refractivity contribution in [3.63, 3.8) is 0 Å². The van der Waals surface area contributed by atoms with Gasteiger partial charge in [0.25, 0.3) is 0 Å². The molecule has 5 rings (SSSR count). The molecule has 0 spiro atoms. The maximum atomic E-state index is 13.0. The summed E-state index contributed by atoms with van der Waals surface area (Å²) in [5, 5.41) is 0.627. The van der Waals surface area contributed by atoms with Crippen molar-refractivity contribution in [2.75, 3.05) is 36.0 Å². The SMILES string of the molecule is FC(F)(F)c1cccc(N2CCN(c3nc4cc(Cl)ccc4n4cccc34)CC2)c1. The number of piperazine rings is 1. The van der Waals surface area contributed by atoms with Crippen LogP contribution in [0.1, 0.15) is 5.56 Å². The smallest absolute Gasteiger partial charge is 0.368 e. The van der Waals surface area contributed by atoms with Gasteiger partial charge in [0, 0.05) is 43.1 Å². The van der Waals surface area contributed by atoms with Crippen LogP contribution in [0.3, 0.4) is 0 Å². The van der Waals surface area contributed by atoms with E-state index in [1.54, 1.807) is 6.07 Å². The van der Waals surface area contributed by atoms with E-state index < -0.39 is 11.7 Å². The Morgan fingerprint density at radius 2 is 1.60 bits per heavy atom. The summed E-state index contributed by atoms with van der Waals surface area (Å²) >= 11 is 6.16. The van der Waals surface area contributed by atoms with Crippen LogP contribution in [0.4, 0.5) is 24.7 Å². The number of aromatic nitrogens is 2. The first-order valence-electron chi connectivity index (χ1n) is 9.64. The van der Waals surface area contributed by atoms with Gasteiger partial charge in [-0.15, -0.1) is 0 Å². The van der Waals surface area contributed by atoms with Gasteiger partial charge in [-0.05, 0) is 48.5 Å². The van der Waals surface area contributed by atoms with Crippen molar-refractivity contribution in [3.8, 4) is 0 Å². The molecule has 1 aliphatic heterocycles. The van der Waals surface area contributed by atoms with Crippen LogP contribution in [0.5, 0.6) is 0 Å². The van der Waals surface area contributed by atoms with Crippen molar-refractivity contribution in [2.45, 2.75) is 6.18 Å². The molecule has 0 N–H and O–H groups in total. The van der Waals surface area contributed by atoms with Gasteiger partial charge in [0.2, 0.25) is 0 Å². The van der Waals surface area contributed by atoms with Crippen LogP contribution >= 0.6 is 11.6 Å². The van der Waals surface area contributed by atoms with E-state index in [1.807, 2.05) is 41.4 Å². The Morgan fingerprint density at radius 3 is 2.37 bits per heavy atom. The Balaban J connectivity index is 1.43. The zero-order chi connectivity index (χ0) is 20.9. The van der Waals surface area contributed by atoms with Gasteiger partial charge in [0.15, 0.2) is 5.82 Å². The second-order valence-corrected chi connectivity index (χ2v) is 7.79. The van der Waals surface area contributed by atoms with Gasteiger partial charge < -0.3 is 14.2 Å². The third-order valence-electron chi connectivity index (χ3n) is 5.52. The first-order valence-corrected chi connectivity index (χ1v) is 10.0. The van der Waals surface area contributed by atoms with Gasteiger partial charge in [-0.2, -0.15) is 13.2 Å². The summed E-state index contributed by atoms with van der Waals surface area (Å²) in [4.78, 5) is 9.02. The lowest BCUT2D eigenvalue weighted by molar-refractivity contribution is -0.137. The van der Waals surface area contributed by atoms with Crippen LogP contribution in [0.2, 0.25) is 5.02 Å². The minimum Gasteiger partial charge on any atom is -0.368 e. The summed E-state index contributed by atoms with van der Waals surface area (Å²) < 4.78 is 41.2. The molecule has 2 aromatic heterocycles. The van der Waals surface area contributed by atoms with Crippen molar-refractivity contribution in [1.82, 2.24) is 9.38 Å². The van der Waals surface area contributed by atoms with Crippen LogP contribution in [-0.4, -0.2) is 35.6 Å². The predicted octanol–water partition coefficient (Wildman–Crippen LogP) is 5.49. The van der Waals surface area contributed by atoms with E-state index in [1.165, 1.54) is 12.1 Å². The Labute approximate surface area is 176 Å². The van der Waals surface area contributed by atoms with Gasteiger partial charge in [-0.25, -0.2) is 4.98 Å². The summed E-state index contributed by atoms with van der Waals surface area (Å²) in [5.41, 5.74) is 2.76. The van der Waals surface area contributed by atoms with Gasteiger partial charge in [0.05, 0.1) is 22.1 Å². The number of nitrogens with zero attached hydrogens (tertiary/aromatic N) is 4. The fourth-order valence-electron chi connectivity index (χ4n) is 4.02. The molecule has 0 bridgehead atoms. The predicted molar refractivity (Wildman–Crippen MR) is 114 cm³/mol. The van der Waals surface area contributed by atoms with E-state index in [-0.39, 0.29) is 0 Å². The Kier molecular flexibility index (Phi) is 4.50. The van der Waals surface area contributed by atoms with E-state index in [9.17, 15) is 13.2 Å². The second-order valence-electron chi connectivity index (χ2n) is 7.35. The second kappa shape index (κ2) is 7.09. The highest BCUT2D eigenvalue weighted by molar-refractivity contribution is 6.31. The highest BCUT2D eigenvalue weighted by Gasteiger charge is 2.31. The lowest BCUT2D eigenvalue weighted by Crippen LogP contribution is -2.47. The molecule has 0 aliphatic carbocycles. The molecule has 1 fully saturated rings. The molecule has 4 aromatic rings. The number of halogens is 4. The van der Waals surface area contributed by atoms with Crippen LogP contribution in [0, 0.1) is 0 Å². The number of alkyl halides is 3. The molecule has 4 nitrogen and oxygen atoms in total.